The van der Waals surface area contributed by atoms with Gasteiger partial charge in [0, 0.05) is 0 Å². The number of ether oxygens (including phenoxy) is 1. The second kappa shape index (κ2) is 4.60. The minimum atomic E-state index is -0.513. The van der Waals surface area contributed by atoms with E-state index >= 15 is 0 Å². The predicted octanol–water partition coefficient (Wildman–Crippen LogP) is 1.09. The highest BCUT2D eigenvalue weighted by molar-refractivity contribution is 6.17. The lowest BCUT2D eigenvalue weighted by Gasteiger charge is -2.20. The first-order valence-corrected chi connectivity index (χ1v) is 5.54. The van der Waals surface area contributed by atoms with Crippen LogP contribution in [-0.2, 0) is 14.3 Å². The van der Waals surface area contributed by atoms with E-state index in [2.05, 4.69) is 0 Å². The van der Waals surface area contributed by atoms with Gasteiger partial charge < -0.3 is 9.64 Å². The van der Waals surface area contributed by atoms with Crippen LogP contribution >= 0.6 is 0 Å². The molecule has 2 rings (SSSR count). The average molecular weight is 247 g/mol. The monoisotopic (exact) mass is 247 g/mol. The van der Waals surface area contributed by atoms with Gasteiger partial charge in [0.1, 0.15) is 0 Å². The standard InChI is InChI=1S/C13H13NO4/c1-8-4-3-5-10(13(17)18-2)12(8)14-7-9(15)6-11(14)16/h3-5H,6-7H2,1-2H3. The van der Waals surface area contributed by atoms with E-state index in [1.165, 1.54) is 12.0 Å². The van der Waals surface area contributed by atoms with Crippen LogP contribution < -0.4 is 4.90 Å². The van der Waals surface area contributed by atoms with E-state index in [1.807, 2.05) is 0 Å². The molecular weight excluding hydrogens is 234 g/mol. The molecule has 1 heterocycles. The maximum atomic E-state index is 11.8. The molecule has 0 saturated carbocycles. The van der Waals surface area contributed by atoms with Gasteiger partial charge in [-0.1, -0.05) is 12.1 Å². The number of nitrogens with zero attached hydrogens (tertiary/aromatic N) is 1. The molecule has 18 heavy (non-hydrogen) atoms. The third kappa shape index (κ3) is 1.99. The zero-order chi connectivity index (χ0) is 13.3. The van der Waals surface area contributed by atoms with E-state index in [4.69, 9.17) is 4.74 Å². The van der Waals surface area contributed by atoms with Gasteiger partial charge in [-0.25, -0.2) is 4.79 Å². The third-order valence-corrected chi connectivity index (χ3v) is 2.90. The van der Waals surface area contributed by atoms with Crippen molar-refractivity contribution in [1.29, 1.82) is 0 Å². The van der Waals surface area contributed by atoms with Crippen molar-refractivity contribution < 1.29 is 19.1 Å². The van der Waals surface area contributed by atoms with Crippen LogP contribution in [-0.4, -0.2) is 31.3 Å². The molecule has 1 aromatic carbocycles. The minimum Gasteiger partial charge on any atom is -0.465 e. The van der Waals surface area contributed by atoms with E-state index in [0.29, 0.717) is 11.3 Å². The molecule has 0 aromatic heterocycles. The van der Waals surface area contributed by atoms with Crippen molar-refractivity contribution >= 4 is 23.3 Å². The maximum Gasteiger partial charge on any atom is 0.339 e. The molecule has 0 N–H and O–H groups in total. The van der Waals surface area contributed by atoms with Gasteiger partial charge in [0.15, 0.2) is 5.78 Å². The first kappa shape index (κ1) is 12.3. The quantitative estimate of drug-likeness (QED) is 0.579. The van der Waals surface area contributed by atoms with Gasteiger partial charge in [0.05, 0.1) is 31.3 Å². The molecule has 5 heteroatoms. The maximum absolute atomic E-state index is 11.8. The van der Waals surface area contributed by atoms with Crippen LogP contribution in [0.3, 0.4) is 0 Å². The lowest BCUT2D eigenvalue weighted by Crippen LogP contribution is -2.27. The molecule has 0 bridgehead atoms. The number of hydrogen-bond donors (Lipinski definition) is 0. The molecule has 0 atom stereocenters. The summed E-state index contributed by atoms with van der Waals surface area (Å²) < 4.78 is 4.69. The summed E-state index contributed by atoms with van der Waals surface area (Å²) in [4.78, 5) is 36.1. The highest BCUT2D eigenvalue weighted by Crippen LogP contribution is 2.28. The summed E-state index contributed by atoms with van der Waals surface area (Å²) in [5.74, 6) is -0.931. The number of rotatable bonds is 2. The Balaban J connectivity index is 2.52. The number of amides is 1. The molecule has 0 unspecified atom stereocenters. The van der Waals surface area contributed by atoms with Crippen molar-refractivity contribution in [2.75, 3.05) is 18.6 Å². The molecule has 1 aliphatic rings. The molecule has 94 valence electrons. The van der Waals surface area contributed by atoms with Gasteiger partial charge >= 0.3 is 5.97 Å². The van der Waals surface area contributed by atoms with Gasteiger partial charge in [0.2, 0.25) is 5.91 Å². The van der Waals surface area contributed by atoms with E-state index in [0.717, 1.165) is 5.56 Å². The second-order valence-electron chi connectivity index (χ2n) is 4.16. The Hall–Kier alpha value is -2.17. The molecule has 1 aliphatic heterocycles. The summed E-state index contributed by atoms with van der Waals surface area (Å²) in [6.07, 6.45) is -0.102. The molecule has 0 spiro atoms. The average Bonchev–Trinajstić information content (AvgIpc) is 2.67. The Morgan fingerprint density at radius 1 is 1.33 bits per heavy atom. The van der Waals surface area contributed by atoms with Crippen LogP contribution in [0.5, 0.6) is 0 Å². The SMILES string of the molecule is COC(=O)c1cccc(C)c1N1CC(=O)CC1=O. The summed E-state index contributed by atoms with van der Waals surface area (Å²) in [7, 11) is 1.28. The van der Waals surface area contributed by atoms with Gasteiger partial charge in [0.25, 0.3) is 0 Å². The van der Waals surface area contributed by atoms with E-state index in [-0.39, 0.29) is 24.7 Å². The molecular formula is C13H13NO4. The first-order valence-electron chi connectivity index (χ1n) is 5.54. The zero-order valence-electron chi connectivity index (χ0n) is 10.2. The third-order valence-electron chi connectivity index (χ3n) is 2.90. The number of esters is 1. The Kier molecular flexibility index (Phi) is 3.14. The number of ketones is 1. The summed E-state index contributed by atoms with van der Waals surface area (Å²) in [5, 5.41) is 0. The normalized spacial score (nSPS) is 15.1. The Morgan fingerprint density at radius 2 is 2.06 bits per heavy atom. The topological polar surface area (TPSA) is 63.7 Å². The molecule has 1 fully saturated rings. The van der Waals surface area contributed by atoms with Crippen LogP contribution in [0, 0.1) is 6.92 Å². The fraction of sp³-hybridized carbons (Fsp3) is 0.308. The number of anilines is 1. The number of carbonyl (C=O) groups is 3. The van der Waals surface area contributed by atoms with Crippen molar-refractivity contribution in [2.45, 2.75) is 13.3 Å². The van der Waals surface area contributed by atoms with Crippen LogP contribution in [0.1, 0.15) is 22.3 Å². The number of methoxy groups -OCH3 is 1. The fourth-order valence-electron chi connectivity index (χ4n) is 2.08. The number of para-hydroxylation sites is 1. The van der Waals surface area contributed by atoms with Crippen molar-refractivity contribution in [3.8, 4) is 0 Å². The molecule has 0 radical (unpaired) electrons. The van der Waals surface area contributed by atoms with Crippen LogP contribution in [0.2, 0.25) is 0 Å². The number of Topliss-reactive ketones (excluding diaryl/α,β-unsaturated/α-hetero) is 1. The van der Waals surface area contributed by atoms with Crippen LogP contribution in [0.15, 0.2) is 18.2 Å². The lowest BCUT2D eigenvalue weighted by atomic mass is 10.1. The number of aryl methyl sites for hydroxylation is 1. The lowest BCUT2D eigenvalue weighted by molar-refractivity contribution is -0.121. The van der Waals surface area contributed by atoms with Crippen molar-refractivity contribution in [3.05, 3.63) is 29.3 Å². The number of carbonyl (C=O) groups excluding carboxylic acids is 3. The second-order valence-corrected chi connectivity index (χ2v) is 4.16. The summed E-state index contributed by atoms with van der Waals surface area (Å²) in [6.45, 7) is 1.81. The highest BCUT2D eigenvalue weighted by Gasteiger charge is 2.32. The van der Waals surface area contributed by atoms with E-state index < -0.39 is 5.97 Å². The van der Waals surface area contributed by atoms with E-state index in [1.54, 1.807) is 25.1 Å². The predicted molar refractivity (Wildman–Crippen MR) is 64.5 cm³/mol. The number of hydrogen-bond acceptors (Lipinski definition) is 4. The molecule has 5 nitrogen and oxygen atoms in total. The van der Waals surface area contributed by atoms with Gasteiger partial charge in [-0.3, -0.25) is 9.59 Å². The smallest absolute Gasteiger partial charge is 0.339 e. The molecule has 1 saturated heterocycles. The van der Waals surface area contributed by atoms with Crippen LogP contribution in [0.25, 0.3) is 0 Å². The molecule has 0 aliphatic carbocycles. The van der Waals surface area contributed by atoms with Crippen molar-refractivity contribution in [1.82, 2.24) is 0 Å². The Labute approximate surface area is 104 Å². The zero-order valence-corrected chi connectivity index (χ0v) is 10.2. The van der Waals surface area contributed by atoms with Crippen molar-refractivity contribution in [3.63, 3.8) is 0 Å². The highest BCUT2D eigenvalue weighted by atomic mass is 16.5. The molecule has 1 amide bonds. The molecule has 1 aromatic rings. The van der Waals surface area contributed by atoms with Gasteiger partial charge in [-0.15, -0.1) is 0 Å². The fourth-order valence-corrected chi connectivity index (χ4v) is 2.08. The summed E-state index contributed by atoms with van der Waals surface area (Å²) in [6, 6.07) is 5.09. The Morgan fingerprint density at radius 3 is 2.61 bits per heavy atom. The Bertz CT molecular complexity index is 536. The van der Waals surface area contributed by atoms with E-state index in [9.17, 15) is 14.4 Å². The largest absolute Gasteiger partial charge is 0.465 e. The van der Waals surface area contributed by atoms with Crippen molar-refractivity contribution in [2.24, 2.45) is 0 Å². The number of benzene rings is 1. The first-order chi connectivity index (χ1) is 8.54. The van der Waals surface area contributed by atoms with Crippen LogP contribution in [0.4, 0.5) is 5.69 Å². The summed E-state index contributed by atoms with van der Waals surface area (Å²) >= 11 is 0. The minimum absolute atomic E-state index is 0.0215. The van der Waals surface area contributed by atoms with Gasteiger partial charge in [-0.2, -0.15) is 0 Å². The van der Waals surface area contributed by atoms with Gasteiger partial charge in [-0.05, 0) is 18.6 Å². The summed E-state index contributed by atoms with van der Waals surface area (Å²) in [5.41, 5.74) is 1.54.